The molecule has 2 aromatic rings. The van der Waals surface area contributed by atoms with Gasteiger partial charge in [0.15, 0.2) is 5.16 Å². The van der Waals surface area contributed by atoms with E-state index < -0.39 is 0 Å². The molecule has 0 radical (unpaired) electrons. The number of hydrogen-bond donors (Lipinski definition) is 1. The normalized spacial score (nSPS) is 18.5. The van der Waals surface area contributed by atoms with Crippen LogP contribution in [0.3, 0.4) is 0 Å². The molecule has 1 amide bonds. The average Bonchev–Trinajstić information content (AvgIpc) is 3.43. The quantitative estimate of drug-likeness (QED) is 0.538. The highest BCUT2D eigenvalue weighted by Gasteiger charge is 2.34. The maximum absolute atomic E-state index is 12.7. The summed E-state index contributed by atoms with van der Waals surface area (Å²) >= 11 is 3.01. The van der Waals surface area contributed by atoms with Crippen molar-refractivity contribution in [2.75, 3.05) is 11.1 Å². The number of carbonyl (C=O) groups excluding carboxylic acids is 1. The first-order valence-electron chi connectivity index (χ1n) is 11.3. The van der Waals surface area contributed by atoms with Crippen LogP contribution < -0.4 is 5.32 Å². The number of nitriles is 1. The second-order valence-corrected chi connectivity index (χ2v) is 11.3. The van der Waals surface area contributed by atoms with Gasteiger partial charge in [-0.3, -0.25) is 4.79 Å². The van der Waals surface area contributed by atoms with Gasteiger partial charge in [-0.05, 0) is 55.9 Å². The van der Waals surface area contributed by atoms with Crippen LogP contribution in [-0.4, -0.2) is 26.4 Å². The second-order valence-electron chi connectivity index (χ2n) is 9.30. The van der Waals surface area contributed by atoms with Gasteiger partial charge in [0.2, 0.25) is 5.91 Å². The zero-order valence-corrected chi connectivity index (χ0v) is 20.5. The van der Waals surface area contributed by atoms with Gasteiger partial charge in [-0.1, -0.05) is 39.0 Å². The van der Waals surface area contributed by atoms with Gasteiger partial charge in [-0.2, -0.15) is 5.26 Å². The minimum atomic E-state index is -0.0934. The third kappa shape index (κ3) is 4.54. The Morgan fingerprint density at radius 2 is 2.10 bits per heavy atom. The summed E-state index contributed by atoms with van der Waals surface area (Å²) in [5, 5.41) is 22.9. The van der Waals surface area contributed by atoms with Gasteiger partial charge in [-0.25, -0.2) is 0 Å². The Morgan fingerprint density at radius 3 is 2.74 bits per heavy atom. The maximum Gasteiger partial charge on any atom is 0.235 e. The van der Waals surface area contributed by atoms with E-state index in [2.05, 4.69) is 53.8 Å². The molecule has 2 aliphatic carbocycles. The number of fused-ring (bicyclic) bond motifs is 1. The van der Waals surface area contributed by atoms with E-state index in [0.717, 1.165) is 48.8 Å². The second kappa shape index (κ2) is 8.95. The van der Waals surface area contributed by atoms with E-state index >= 15 is 0 Å². The predicted molar refractivity (Wildman–Crippen MR) is 126 cm³/mol. The Kier molecular flexibility index (Phi) is 6.45. The summed E-state index contributed by atoms with van der Waals surface area (Å²) in [5.74, 6) is 2.38. The number of thioether (sulfide) groups is 1. The zero-order chi connectivity index (χ0) is 22.2. The number of thiophene rings is 1. The number of nitrogens with one attached hydrogen (secondary N) is 1. The van der Waals surface area contributed by atoms with Crippen molar-refractivity contribution in [3.63, 3.8) is 0 Å². The molecule has 31 heavy (non-hydrogen) atoms. The summed E-state index contributed by atoms with van der Waals surface area (Å²) in [6.45, 7) is 9.83. The van der Waals surface area contributed by atoms with Crippen molar-refractivity contribution in [1.29, 1.82) is 5.26 Å². The lowest BCUT2D eigenvalue weighted by atomic mass is 9.69. The molecule has 0 aliphatic heterocycles. The van der Waals surface area contributed by atoms with E-state index in [4.69, 9.17) is 0 Å². The van der Waals surface area contributed by atoms with E-state index in [9.17, 15) is 10.1 Å². The molecule has 4 rings (SSSR count). The molecule has 0 bridgehead atoms. The van der Waals surface area contributed by atoms with Crippen molar-refractivity contribution in [1.82, 2.24) is 14.8 Å². The van der Waals surface area contributed by atoms with Crippen LogP contribution in [-0.2, 0) is 24.2 Å². The van der Waals surface area contributed by atoms with Crippen LogP contribution in [0.15, 0.2) is 5.16 Å². The van der Waals surface area contributed by atoms with Gasteiger partial charge in [0.05, 0.1) is 11.3 Å². The molecule has 1 N–H and O–H groups in total. The van der Waals surface area contributed by atoms with Gasteiger partial charge in [0.1, 0.15) is 16.9 Å². The van der Waals surface area contributed by atoms with Gasteiger partial charge >= 0.3 is 0 Å². The Labute approximate surface area is 192 Å². The summed E-state index contributed by atoms with van der Waals surface area (Å²) in [5.41, 5.74) is 2.11. The smallest absolute Gasteiger partial charge is 0.235 e. The van der Waals surface area contributed by atoms with Crippen LogP contribution in [0.1, 0.15) is 81.1 Å². The molecule has 1 saturated carbocycles. The fourth-order valence-electron chi connectivity index (χ4n) is 4.39. The average molecular weight is 458 g/mol. The number of rotatable bonds is 8. The molecule has 2 heterocycles. The Hall–Kier alpha value is -1.85. The molecule has 2 aliphatic rings. The number of aromatic nitrogens is 3. The summed E-state index contributed by atoms with van der Waals surface area (Å²) in [7, 11) is 0. The highest BCUT2D eigenvalue weighted by molar-refractivity contribution is 7.99. The van der Waals surface area contributed by atoms with Crippen molar-refractivity contribution >= 4 is 34.0 Å². The highest BCUT2D eigenvalue weighted by atomic mass is 32.2. The third-order valence-corrected chi connectivity index (χ3v) is 9.12. The van der Waals surface area contributed by atoms with Gasteiger partial charge in [0, 0.05) is 17.3 Å². The van der Waals surface area contributed by atoms with Gasteiger partial charge < -0.3 is 9.88 Å². The fourth-order valence-corrected chi connectivity index (χ4v) is 6.49. The lowest BCUT2D eigenvalue weighted by Crippen LogP contribution is -2.28. The molecule has 2 aromatic heterocycles. The number of hydrogen-bond acceptors (Lipinski definition) is 6. The largest absolute Gasteiger partial charge is 0.316 e. The minimum absolute atomic E-state index is 0.0934. The molecular weight excluding hydrogens is 426 g/mol. The standard InChI is InChI=1S/C23H31N5OS2/c1-5-23(3,4)15-9-10-16-17(12-24)21(31-18(16)11-15)25-19(29)13-30-22-27-26-20(14-7-8-14)28(22)6-2/h14-15H,5-11,13H2,1-4H3,(H,25,29). The first-order valence-corrected chi connectivity index (χ1v) is 13.1. The van der Waals surface area contributed by atoms with Crippen molar-refractivity contribution in [2.24, 2.45) is 11.3 Å². The van der Waals surface area contributed by atoms with Crippen molar-refractivity contribution in [2.45, 2.75) is 83.8 Å². The molecule has 1 unspecified atom stereocenters. The monoisotopic (exact) mass is 457 g/mol. The maximum atomic E-state index is 12.7. The van der Waals surface area contributed by atoms with E-state index in [0.29, 0.717) is 27.8 Å². The van der Waals surface area contributed by atoms with Gasteiger partial charge in [0.25, 0.3) is 0 Å². The topological polar surface area (TPSA) is 83.6 Å². The molecule has 1 atom stereocenters. The van der Waals surface area contributed by atoms with Crippen LogP contribution in [0.25, 0.3) is 0 Å². The third-order valence-electron chi connectivity index (χ3n) is 6.98. The Bertz CT molecular complexity index is 1010. The van der Waals surface area contributed by atoms with E-state index in [1.54, 1.807) is 11.3 Å². The molecular formula is C23H31N5OS2. The molecule has 8 heteroatoms. The van der Waals surface area contributed by atoms with Crippen molar-refractivity contribution in [3.8, 4) is 6.07 Å². The van der Waals surface area contributed by atoms with E-state index in [1.807, 2.05) is 0 Å². The summed E-state index contributed by atoms with van der Waals surface area (Å²) in [6.07, 6.45) is 6.55. The summed E-state index contributed by atoms with van der Waals surface area (Å²) in [6, 6.07) is 2.35. The number of carbonyl (C=O) groups is 1. The Morgan fingerprint density at radius 1 is 1.32 bits per heavy atom. The molecule has 1 fully saturated rings. The highest BCUT2D eigenvalue weighted by Crippen LogP contribution is 2.45. The molecule has 0 spiro atoms. The molecule has 6 nitrogen and oxygen atoms in total. The molecule has 0 aromatic carbocycles. The van der Waals surface area contributed by atoms with Crippen LogP contribution >= 0.6 is 23.1 Å². The van der Waals surface area contributed by atoms with Crippen LogP contribution in [0.5, 0.6) is 0 Å². The summed E-state index contributed by atoms with van der Waals surface area (Å²) < 4.78 is 2.12. The molecule has 166 valence electrons. The predicted octanol–water partition coefficient (Wildman–Crippen LogP) is 5.38. The van der Waals surface area contributed by atoms with Crippen LogP contribution in [0, 0.1) is 22.7 Å². The van der Waals surface area contributed by atoms with Gasteiger partial charge in [-0.15, -0.1) is 21.5 Å². The van der Waals surface area contributed by atoms with Crippen molar-refractivity contribution < 1.29 is 4.79 Å². The fraction of sp³-hybridized carbons (Fsp3) is 0.652. The van der Waals surface area contributed by atoms with Crippen LogP contribution in [0.2, 0.25) is 0 Å². The Balaban J connectivity index is 1.43. The van der Waals surface area contributed by atoms with E-state index in [1.165, 1.54) is 29.5 Å². The first kappa shape index (κ1) is 22.3. The zero-order valence-electron chi connectivity index (χ0n) is 18.8. The molecule has 0 saturated heterocycles. The van der Waals surface area contributed by atoms with E-state index in [-0.39, 0.29) is 11.7 Å². The number of nitrogens with zero attached hydrogens (tertiary/aromatic N) is 4. The minimum Gasteiger partial charge on any atom is -0.316 e. The lowest BCUT2D eigenvalue weighted by molar-refractivity contribution is -0.113. The first-order chi connectivity index (χ1) is 14.9. The summed E-state index contributed by atoms with van der Waals surface area (Å²) in [4.78, 5) is 14.0. The SMILES string of the molecule is CCn1c(SCC(=O)Nc2sc3c(c2C#N)CCC(C(C)(C)CC)C3)nnc1C1CC1. The van der Waals surface area contributed by atoms with Crippen LogP contribution in [0.4, 0.5) is 5.00 Å². The lowest BCUT2D eigenvalue weighted by Gasteiger charge is -2.36. The number of amides is 1. The van der Waals surface area contributed by atoms with Crippen molar-refractivity contribution in [3.05, 3.63) is 21.8 Å². The number of anilines is 1.